The number of fused-ring (bicyclic) bond motifs is 1. The van der Waals surface area contributed by atoms with Crippen LogP contribution in [0.25, 0.3) is 10.8 Å². The minimum absolute atomic E-state index is 0. The number of carbonyl (C=O) groups excluding carboxylic acids is 1. The summed E-state index contributed by atoms with van der Waals surface area (Å²) in [5.41, 5.74) is 0.488. The molecule has 0 unspecified atom stereocenters. The van der Waals surface area contributed by atoms with E-state index in [-0.39, 0.29) is 32.7 Å². The predicted octanol–water partition coefficient (Wildman–Crippen LogP) is 1.84. The van der Waals surface area contributed by atoms with Crippen molar-refractivity contribution in [3.63, 3.8) is 0 Å². The quantitative estimate of drug-likeness (QED) is 0.566. The number of aromatic nitrogens is 1. The van der Waals surface area contributed by atoms with Gasteiger partial charge in [-0.05, 0) is 0 Å². The van der Waals surface area contributed by atoms with Gasteiger partial charge in [-0.25, -0.2) is 0 Å². The number of benzene rings is 1. The largest absolute Gasteiger partial charge is 0.296 e. The molecule has 1 aromatic carbocycles. The first kappa shape index (κ1) is 10.5. The zero-order valence-electron chi connectivity index (χ0n) is 6.90. The van der Waals surface area contributed by atoms with Crippen molar-refractivity contribution < 1.29 is 37.5 Å². The molecule has 0 saturated carbocycles. The van der Waals surface area contributed by atoms with Crippen molar-refractivity contribution in [2.24, 2.45) is 0 Å². The van der Waals surface area contributed by atoms with Gasteiger partial charge in [0.25, 0.3) is 0 Å². The summed E-state index contributed by atoms with van der Waals surface area (Å²) in [6.45, 7) is 0. The smallest absolute Gasteiger partial charge is 0.166 e. The van der Waals surface area contributed by atoms with Crippen LogP contribution < -0.4 is 0 Å². The third-order valence-electron chi connectivity index (χ3n) is 1.75. The fraction of sp³-hybridized carbons (Fsp3) is 0. The van der Waals surface area contributed by atoms with E-state index in [0.29, 0.717) is 5.69 Å². The third kappa shape index (κ3) is 2.01. The Kier molecular flexibility index (Phi) is 3.70. The molecule has 2 rings (SSSR count). The molecule has 0 aliphatic heterocycles. The molecule has 0 fully saturated rings. The van der Waals surface area contributed by atoms with E-state index in [1.165, 1.54) is 0 Å². The Labute approximate surface area is 101 Å². The van der Waals surface area contributed by atoms with Gasteiger partial charge < -0.3 is 0 Å². The number of rotatable bonds is 1. The number of hydrogen-bond donors (Lipinski definition) is 0. The van der Waals surface area contributed by atoms with E-state index in [1.807, 2.05) is 18.2 Å². The number of pyridine rings is 1. The summed E-state index contributed by atoms with van der Waals surface area (Å²) in [4.78, 5) is 14.5. The summed E-state index contributed by atoms with van der Waals surface area (Å²) in [6, 6.07) is 10.3. The summed E-state index contributed by atoms with van der Waals surface area (Å²) in [5.74, 6) is 0. The minimum Gasteiger partial charge on any atom is -0.296 e. The molecule has 61 valence electrons. The van der Waals surface area contributed by atoms with E-state index >= 15 is 0 Å². The van der Waals surface area contributed by atoms with E-state index in [9.17, 15) is 4.79 Å². The summed E-state index contributed by atoms with van der Waals surface area (Å²) in [5, 5.41) is 1.88. The molecule has 13 heavy (non-hydrogen) atoms. The Morgan fingerprint density at radius 2 is 2.23 bits per heavy atom. The molecule has 0 aliphatic rings. The van der Waals surface area contributed by atoms with Crippen molar-refractivity contribution >= 4 is 17.1 Å². The Morgan fingerprint density at radius 3 is 3.00 bits per heavy atom. The van der Waals surface area contributed by atoms with Gasteiger partial charge in [-0.2, -0.15) is 24.3 Å². The Bertz CT molecular complexity index is 423. The molecule has 1 radical (unpaired) electrons. The molecule has 0 bridgehead atoms. The van der Waals surface area contributed by atoms with Crippen molar-refractivity contribution in [2.75, 3.05) is 0 Å². The summed E-state index contributed by atoms with van der Waals surface area (Å²) < 4.78 is 0. The maximum Gasteiger partial charge on any atom is 0.166 e. The maximum atomic E-state index is 10.5. The molecular weight excluding hydrogens is 239 g/mol. The summed E-state index contributed by atoms with van der Waals surface area (Å²) in [6.07, 6.45) is 2.39. The molecule has 0 aliphatic carbocycles. The average Bonchev–Trinajstić information content (AvgIpc) is 2.17. The molecule has 3 heteroatoms. The van der Waals surface area contributed by atoms with Crippen LogP contribution in [0.2, 0.25) is 0 Å². The van der Waals surface area contributed by atoms with Crippen LogP contribution in [0.4, 0.5) is 0 Å². The van der Waals surface area contributed by atoms with E-state index < -0.39 is 0 Å². The summed E-state index contributed by atoms with van der Waals surface area (Å²) >= 11 is 0. The van der Waals surface area contributed by atoms with E-state index in [0.717, 1.165) is 17.1 Å². The fourth-order valence-corrected chi connectivity index (χ4v) is 1.18. The first-order valence-corrected chi connectivity index (χ1v) is 3.62. The molecule has 2 nitrogen and oxygen atoms in total. The fourth-order valence-electron chi connectivity index (χ4n) is 1.18. The van der Waals surface area contributed by atoms with Crippen LogP contribution in [-0.4, -0.2) is 11.3 Å². The molecule has 1 heterocycles. The zero-order chi connectivity index (χ0) is 8.39. The van der Waals surface area contributed by atoms with Gasteiger partial charge in [0.05, 0.1) is 5.69 Å². The molecular formula is C10H6NOY-. The van der Waals surface area contributed by atoms with Crippen LogP contribution in [0, 0.1) is 6.07 Å². The molecule has 0 atom stereocenters. The van der Waals surface area contributed by atoms with Gasteiger partial charge in [0.2, 0.25) is 0 Å². The van der Waals surface area contributed by atoms with Crippen LogP contribution in [0.15, 0.2) is 30.5 Å². The SMILES string of the molecule is O=Cc1nccc2c[c-]ccc12.[Y]. The van der Waals surface area contributed by atoms with Crippen molar-refractivity contribution in [2.45, 2.75) is 0 Å². The van der Waals surface area contributed by atoms with Crippen LogP contribution in [-0.2, 0) is 32.7 Å². The van der Waals surface area contributed by atoms with Crippen molar-refractivity contribution in [1.29, 1.82) is 0 Å². The Morgan fingerprint density at radius 1 is 1.38 bits per heavy atom. The normalized spacial score (nSPS) is 9.23. The minimum atomic E-state index is 0. The predicted molar refractivity (Wildman–Crippen MR) is 46.0 cm³/mol. The molecule has 0 spiro atoms. The van der Waals surface area contributed by atoms with Crippen molar-refractivity contribution in [1.82, 2.24) is 4.98 Å². The summed E-state index contributed by atoms with van der Waals surface area (Å²) in [7, 11) is 0. The van der Waals surface area contributed by atoms with Gasteiger partial charge in [-0.1, -0.05) is 11.5 Å². The molecule has 0 saturated heterocycles. The van der Waals surface area contributed by atoms with Crippen LogP contribution in [0.5, 0.6) is 0 Å². The van der Waals surface area contributed by atoms with Gasteiger partial charge in [0, 0.05) is 38.9 Å². The van der Waals surface area contributed by atoms with Crippen LogP contribution >= 0.6 is 0 Å². The van der Waals surface area contributed by atoms with E-state index in [2.05, 4.69) is 11.1 Å². The second kappa shape index (κ2) is 4.59. The molecule has 1 aromatic heterocycles. The number of hydrogen-bond acceptors (Lipinski definition) is 2. The second-order valence-electron chi connectivity index (χ2n) is 2.46. The number of carbonyl (C=O) groups is 1. The van der Waals surface area contributed by atoms with Crippen molar-refractivity contribution in [3.05, 3.63) is 42.2 Å². The monoisotopic (exact) mass is 245 g/mol. The Balaban J connectivity index is 0.000000845. The Hall–Kier alpha value is -0.596. The van der Waals surface area contributed by atoms with E-state index in [1.54, 1.807) is 12.3 Å². The van der Waals surface area contributed by atoms with Crippen molar-refractivity contribution in [3.8, 4) is 0 Å². The molecule has 0 N–H and O–H groups in total. The number of aldehydes is 1. The standard InChI is InChI=1S/C10H6NO.Y/c12-7-10-9-4-2-1-3-8(9)5-6-11-10;/h2-7H;/q-1;. The number of nitrogens with zero attached hydrogens (tertiary/aromatic N) is 1. The topological polar surface area (TPSA) is 30.0 Å². The average molecular weight is 245 g/mol. The van der Waals surface area contributed by atoms with Gasteiger partial charge >= 0.3 is 0 Å². The first-order valence-electron chi connectivity index (χ1n) is 3.62. The van der Waals surface area contributed by atoms with Gasteiger partial charge in [0.1, 0.15) is 0 Å². The second-order valence-corrected chi connectivity index (χ2v) is 2.46. The maximum absolute atomic E-state index is 10.5. The van der Waals surface area contributed by atoms with Gasteiger partial charge in [0.15, 0.2) is 6.29 Å². The zero-order valence-corrected chi connectivity index (χ0v) is 9.74. The van der Waals surface area contributed by atoms with Gasteiger partial charge in [-0.15, -0.1) is 5.39 Å². The molecule has 0 amide bonds. The first-order chi connectivity index (χ1) is 5.92. The van der Waals surface area contributed by atoms with E-state index in [4.69, 9.17) is 0 Å². The van der Waals surface area contributed by atoms with Crippen LogP contribution in [0.1, 0.15) is 10.5 Å². The molecule has 2 aromatic rings. The van der Waals surface area contributed by atoms with Crippen LogP contribution in [0.3, 0.4) is 0 Å². The van der Waals surface area contributed by atoms with Gasteiger partial charge in [-0.3, -0.25) is 9.78 Å². The third-order valence-corrected chi connectivity index (χ3v) is 1.75.